The second-order valence-corrected chi connectivity index (χ2v) is 12.9. The van der Waals surface area contributed by atoms with E-state index in [2.05, 4.69) is 50.0 Å². The van der Waals surface area contributed by atoms with Crippen LogP contribution in [0.4, 0.5) is 0 Å². The summed E-state index contributed by atoms with van der Waals surface area (Å²) >= 11 is 6.58. The van der Waals surface area contributed by atoms with E-state index in [0.717, 1.165) is 29.8 Å². The maximum absolute atomic E-state index is 6.58. The molecule has 0 fully saturated rings. The molecule has 0 radical (unpaired) electrons. The van der Waals surface area contributed by atoms with Crippen molar-refractivity contribution < 1.29 is 4.74 Å². The smallest absolute Gasteiger partial charge is 0.138 e. The summed E-state index contributed by atoms with van der Waals surface area (Å²) in [5.41, 5.74) is 5.13. The molecule has 1 nitrogen and oxygen atoms in total. The minimum Gasteiger partial charge on any atom is -0.492 e. The minimum atomic E-state index is -1.07. The lowest BCUT2D eigenvalue weighted by Crippen LogP contribution is -2.22. The molecule has 0 aliphatic heterocycles. The molecule has 3 rings (SSSR count). The number of benzene rings is 2. The van der Waals surface area contributed by atoms with E-state index in [1.807, 2.05) is 6.07 Å². The Morgan fingerprint density at radius 3 is 2.57 bits per heavy atom. The van der Waals surface area contributed by atoms with Crippen LogP contribution in [0.3, 0.4) is 0 Å². The molecule has 0 unspecified atom stereocenters. The summed E-state index contributed by atoms with van der Waals surface area (Å²) in [5.74, 6) is 0.835. The second-order valence-electron chi connectivity index (χ2n) is 6.90. The van der Waals surface area contributed by atoms with Gasteiger partial charge in [0.25, 0.3) is 0 Å². The molecule has 0 saturated carbocycles. The summed E-state index contributed by atoms with van der Waals surface area (Å²) in [6.07, 6.45) is 0.912. The van der Waals surface area contributed by atoms with Gasteiger partial charge >= 0.3 is 0 Å². The van der Waals surface area contributed by atoms with Gasteiger partial charge in [-0.05, 0) is 34.4 Å². The largest absolute Gasteiger partial charge is 0.492 e. The van der Waals surface area contributed by atoms with Crippen LogP contribution < -0.4 is 4.74 Å². The summed E-state index contributed by atoms with van der Waals surface area (Å²) in [6.45, 7) is 7.84. The lowest BCUT2D eigenvalue weighted by atomic mass is 10.1. The van der Waals surface area contributed by atoms with E-state index in [1.54, 1.807) is 0 Å². The standard InChI is InChI=1S/C18H21ClOSi/c1-21(2,3)11-10-20-17-9-8-15-14-7-5-4-6-13(14)12-16(15)18(17)19/h4-9H,10-12H2,1-3H3. The number of hydrogen-bond donors (Lipinski definition) is 0. The molecular weight excluding hydrogens is 296 g/mol. The minimum absolute atomic E-state index is 0.765. The summed E-state index contributed by atoms with van der Waals surface area (Å²) in [6, 6.07) is 13.8. The number of ether oxygens (including phenoxy) is 1. The molecule has 0 amide bonds. The molecule has 2 aromatic carbocycles. The zero-order chi connectivity index (χ0) is 15.0. The number of rotatable bonds is 4. The van der Waals surface area contributed by atoms with E-state index in [1.165, 1.54) is 22.3 Å². The van der Waals surface area contributed by atoms with Crippen molar-refractivity contribution in [3.8, 4) is 16.9 Å². The molecule has 3 heteroatoms. The summed E-state index contributed by atoms with van der Waals surface area (Å²) in [5, 5.41) is 0.791. The molecule has 0 atom stereocenters. The van der Waals surface area contributed by atoms with Crippen molar-refractivity contribution in [1.82, 2.24) is 0 Å². The van der Waals surface area contributed by atoms with Crippen LogP contribution >= 0.6 is 11.6 Å². The first-order valence-electron chi connectivity index (χ1n) is 7.48. The normalized spacial score (nSPS) is 13.0. The van der Waals surface area contributed by atoms with Gasteiger partial charge in [0.05, 0.1) is 11.6 Å². The number of fused-ring (bicyclic) bond motifs is 3. The van der Waals surface area contributed by atoms with Crippen molar-refractivity contribution in [1.29, 1.82) is 0 Å². The molecule has 0 saturated heterocycles. The van der Waals surface area contributed by atoms with Gasteiger partial charge in [-0.3, -0.25) is 0 Å². The predicted molar refractivity (Wildman–Crippen MR) is 93.3 cm³/mol. The molecule has 0 heterocycles. The summed E-state index contributed by atoms with van der Waals surface area (Å²) in [7, 11) is -1.07. The average molecular weight is 317 g/mol. The van der Waals surface area contributed by atoms with Gasteiger partial charge in [0.1, 0.15) is 5.75 Å². The Balaban J connectivity index is 1.83. The summed E-state index contributed by atoms with van der Waals surface area (Å²) in [4.78, 5) is 0. The van der Waals surface area contributed by atoms with Gasteiger partial charge in [-0.2, -0.15) is 0 Å². The zero-order valence-corrected chi connectivity index (χ0v) is 14.6. The van der Waals surface area contributed by atoms with Crippen LogP contribution in [0.1, 0.15) is 11.1 Å². The molecule has 0 N–H and O–H groups in total. The number of hydrogen-bond acceptors (Lipinski definition) is 1. The van der Waals surface area contributed by atoms with Crippen LogP contribution in [0.15, 0.2) is 36.4 Å². The van der Waals surface area contributed by atoms with Crippen molar-refractivity contribution in [2.24, 2.45) is 0 Å². The van der Waals surface area contributed by atoms with Gasteiger partial charge < -0.3 is 4.74 Å². The molecular formula is C18H21ClOSi. The Kier molecular flexibility index (Phi) is 3.85. The van der Waals surface area contributed by atoms with E-state index in [0.29, 0.717) is 0 Å². The highest BCUT2D eigenvalue weighted by Gasteiger charge is 2.22. The van der Waals surface area contributed by atoms with Crippen LogP contribution in [0.5, 0.6) is 5.75 Å². The van der Waals surface area contributed by atoms with Crippen molar-refractivity contribution in [3.05, 3.63) is 52.5 Å². The van der Waals surface area contributed by atoms with Gasteiger partial charge in [-0.15, -0.1) is 0 Å². The Morgan fingerprint density at radius 2 is 1.81 bits per heavy atom. The lowest BCUT2D eigenvalue weighted by molar-refractivity contribution is 0.338. The highest BCUT2D eigenvalue weighted by atomic mass is 35.5. The third-order valence-electron chi connectivity index (χ3n) is 3.99. The predicted octanol–water partition coefficient (Wildman–Crippen LogP) is 5.63. The second kappa shape index (κ2) is 5.51. The van der Waals surface area contributed by atoms with Crippen LogP contribution in [0, 0.1) is 0 Å². The first-order chi connectivity index (χ1) is 9.96. The fourth-order valence-corrected chi connectivity index (χ4v) is 3.73. The van der Waals surface area contributed by atoms with Gasteiger partial charge in [0.15, 0.2) is 0 Å². The molecule has 0 spiro atoms. The first kappa shape index (κ1) is 14.7. The van der Waals surface area contributed by atoms with E-state index in [-0.39, 0.29) is 0 Å². The topological polar surface area (TPSA) is 9.23 Å². The van der Waals surface area contributed by atoms with Crippen LogP contribution in [0.2, 0.25) is 30.7 Å². The highest BCUT2D eigenvalue weighted by Crippen LogP contribution is 2.43. The van der Waals surface area contributed by atoms with E-state index < -0.39 is 8.07 Å². The maximum atomic E-state index is 6.58. The zero-order valence-electron chi connectivity index (χ0n) is 12.9. The van der Waals surface area contributed by atoms with Crippen molar-refractivity contribution in [3.63, 3.8) is 0 Å². The highest BCUT2D eigenvalue weighted by molar-refractivity contribution is 6.76. The van der Waals surface area contributed by atoms with E-state index in [4.69, 9.17) is 16.3 Å². The fraction of sp³-hybridized carbons (Fsp3) is 0.333. The molecule has 1 aliphatic rings. The Bertz CT molecular complexity index is 673. The SMILES string of the molecule is C[Si](C)(C)CCOc1ccc2c(c1Cl)Cc1ccccc1-2. The molecule has 110 valence electrons. The van der Waals surface area contributed by atoms with Crippen LogP contribution in [-0.4, -0.2) is 14.7 Å². The third-order valence-corrected chi connectivity index (χ3v) is 6.11. The first-order valence-corrected chi connectivity index (χ1v) is 11.6. The maximum Gasteiger partial charge on any atom is 0.138 e. The van der Waals surface area contributed by atoms with Crippen molar-refractivity contribution in [2.45, 2.75) is 32.1 Å². The molecule has 0 aromatic heterocycles. The van der Waals surface area contributed by atoms with E-state index >= 15 is 0 Å². The Labute approximate surface area is 132 Å². The quantitative estimate of drug-likeness (QED) is 0.567. The Hall–Kier alpha value is -1.25. The average Bonchev–Trinajstić information content (AvgIpc) is 2.80. The monoisotopic (exact) mass is 316 g/mol. The third kappa shape index (κ3) is 3.02. The Morgan fingerprint density at radius 1 is 1.05 bits per heavy atom. The fourth-order valence-electron chi connectivity index (χ4n) is 2.73. The van der Waals surface area contributed by atoms with Crippen molar-refractivity contribution in [2.75, 3.05) is 6.61 Å². The van der Waals surface area contributed by atoms with Gasteiger partial charge in [-0.25, -0.2) is 0 Å². The van der Waals surface area contributed by atoms with Gasteiger partial charge in [-0.1, -0.05) is 61.6 Å². The van der Waals surface area contributed by atoms with Crippen molar-refractivity contribution >= 4 is 19.7 Å². The van der Waals surface area contributed by atoms with Gasteiger partial charge in [0, 0.05) is 14.5 Å². The lowest BCUT2D eigenvalue weighted by Gasteiger charge is -2.17. The van der Waals surface area contributed by atoms with Crippen LogP contribution in [0.25, 0.3) is 11.1 Å². The van der Waals surface area contributed by atoms with E-state index in [9.17, 15) is 0 Å². The molecule has 2 aromatic rings. The van der Waals surface area contributed by atoms with Gasteiger partial charge in [0.2, 0.25) is 0 Å². The van der Waals surface area contributed by atoms with Crippen LogP contribution in [-0.2, 0) is 6.42 Å². The molecule has 0 bridgehead atoms. The number of halogens is 1. The molecule has 1 aliphatic carbocycles. The summed E-state index contributed by atoms with van der Waals surface area (Å²) < 4.78 is 5.94. The molecule has 21 heavy (non-hydrogen) atoms.